The van der Waals surface area contributed by atoms with Gasteiger partial charge in [-0.2, -0.15) is 5.10 Å². The van der Waals surface area contributed by atoms with E-state index in [1.165, 1.54) is 0 Å². The Labute approximate surface area is 253 Å². The lowest BCUT2D eigenvalue weighted by Crippen LogP contribution is -2.49. The summed E-state index contributed by atoms with van der Waals surface area (Å²) in [5.41, 5.74) is 8.83. The molecule has 5 rings (SSSR count). The number of primary amides is 1. The highest BCUT2D eigenvalue weighted by Crippen LogP contribution is 2.29. The molecule has 42 heavy (non-hydrogen) atoms. The molecule has 216 valence electrons. The highest BCUT2D eigenvalue weighted by molar-refractivity contribution is 6.42. The SMILES string of the molecule is NC(=O)[C@H](Cc1ccccc1)NC(=O)[C@H]1CC[C@@H](NC(=O)c2cc(-c3cccnc3)n(-c3ccc(Cl)c(Cl)c3)n2)CC1. The first kappa shape index (κ1) is 29.3. The summed E-state index contributed by atoms with van der Waals surface area (Å²) in [6.45, 7) is 0. The van der Waals surface area contributed by atoms with Crippen LogP contribution in [-0.4, -0.2) is 44.6 Å². The Balaban J connectivity index is 1.23. The molecule has 0 spiro atoms. The summed E-state index contributed by atoms with van der Waals surface area (Å²) >= 11 is 12.4. The van der Waals surface area contributed by atoms with Crippen molar-refractivity contribution in [3.05, 3.63) is 100 Å². The summed E-state index contributed by atoms with van der Waals surface area (Å²) in [5.74, 6) is -1.34. The number of nitrogens with two attached hydrogens (primary N) is 1. The van der Waals surface area contributed by atoms with Gasteiger partial charge in [0.05, 0.1) is 21.4 Å². The molecule has 0 aliphatic heterocycles. The predicted molar refractivity (Wildman–Crippen MR) is 161 cm³/mol. The van der Waals surface area contributed by atoms with Crippen molar-refractivity contribution >= 4 is 40.9 Å². The summed E-state index contributed by atoms with van der Waals surface area (Å²) in [6, 6.07) is 19.1. The van der Waals surface area contributed by atoms with Crippen molar-refractivity contribution in [1.29, 1.82) is 0 Å². The molecule has 3 amide bonds. The molecule has 1 fully saturated rings. The molecule has 0 bridgehead atoms. The lowest BCUT2D eigenvalue weighted by molar-refractivity contribution is -0.130. The molecule has 2 aromatic carbocycles. The number of aromatic nitrogens is 3. The van der Waals surface area contributed by atoms with Gasteiger partial charge in [0.1, 0.15) is 6.04 Å². The molecule has 1 saturated carbocycles. The molecule has 1 aliphatic carbocycles. The van der Waals surface area contributed by atoms with Gasteiger partial charge < -0.3 is 16.4 Å². The molecule has 1 aliphatic rings. The molecule has 9 nitrogen and oxygen atoms in total. The fraction of sp³-hybridized carbons (Fsp3) is 0.258. The third kappa shape index (κ3) is 6.98. The fourth-order valence-electron chi connectivity index (χ4n) is 5.15. The molecule has 2 heterocycles. The minimum atomic E-state index is -0.781. The summed E-state index contributed by atoms with van der Waals surface area (Å²) in [4.78, 5) is 42.5. The Morgan fingerprint density at radius 3 is 2.38 bits per heavy atom. The van der Waals surface area contributed by atoms with Gasteiger partial charge in [0, 0.05) is 36.3 Å². The zero-order valence-corrected chi connectivity index (χ0v) is 24.2. The van der Waals surface area contributed by atoms with Crippen LogP contribution in [-0.2, 0) is 16.0 Å². The van der Waals surface area contributed by atoms with Gasteiger partial charge in [-0.05, 0) is 67.6 Å². The molecule has 11 heteroatoms. The zero-order valence-electron chi connectivity index (χ0n) is 22.7. The van der Waals surface area contributed by atoms with E-state index in [-0.39, 0.29) is 29.5 Å². The van der Waals surface area contributed by atoms with Crippen LogP contribution < -0.4 is 16.4 Å². The average Bonchev–Trinajstić information content (AvgIpc) is 3.45. The van der Waals surface area contributed by atoms with Gasteiger partial charge >= 0.3 is 0 Å². The molecular weight excluding hydrogens is 575 g/mol. The van der Waals surface area contributed by atoms with Gasteiger partial charge in [-0.25, -0.2) is 4.68 Å². The molecule has 1 atom stereocenters. The highest BCUT2D eigenvalue weighted by Gasteiger charge is 2.30. The van der Waals surface area contributed by atoms with Gasteiger partial charge in [-0.1, -0.05) is 53.5 Å². The van der Waals surface area contributed by atoms with Crippen molar-refractivity contribution in [2.45, 2.75) is 44.2 Å². The van der Waals surface area contributed by atoms with E-state index in [2.05, 4.69) is 20.7 Å². The Morgan fingerprint density at radius 1 is 0.952 bits per heavy atom. The number of benzene rings is 2. The molecule has 0 saturated heterocycles. The Bertz CT molecular complexity index is 1570. The van der Waals surface area contributed by atoms with Crippen LogP contribution >= 0.6 is 23.2 Å². The van der Waals surface area contributed by atoms with Gasteiger partial charge in [-0.15, -0.1) is 0 Å². The van der Waals surface area contributed by atoms with Crippen LogP contribution in [0.25, 0.3) is 16.9 Å². The third-order valence-corrected chi connectivity index (χ3v) is 8.16. The minimum absolute atomic E-state index is 0.116. The van der Waals surface area contributed by atoms with Crippen molar-refractivity contribution in [1.82, 2.24) is 25.4 Å². The number of carbonyl (C=O) groups excluding carboxylic acids is 3. The van der Waals surface area contributed by atoms with Crippen LogP contribution in [0, 0.1) is 5.92 Å². The molecule has 4 aromatic rings. The normalized spacial score (nSPS) is 17.3. The van der Waals surface area contributed by atoms with Crippen molar-refractivity contribution in [2.75, 3.05) is 0 Å². The molecule has 0 radical (unpaired) electrons. The quantitative estimate of drug-likeness (QED) is 0.254. The number of hydrogen-bond donors (Lipinski definition) is 3. The zero-order chi connectivity index (χ0) is 29.6. The third-order valence-electron chi connectivity index (χ3n) is 7.42. The topological polar surface area (TPSA) is 132 Å². The van der Waals surface area contributed by atoms with Gasteiger partial charge in [0.2, 0.25) is 11.8 Å². The van der Waals surface area contributed by atoms with Crippen LogP contribution in [0.1, 0.15) is 41.7 Å². The summed E-state index contributed by atoms with van der Waals surface area (Å²) < 4.78 is 1.64. The summed E-state index contributed by atoms with van der Waals surface area (Å²) in [7, 11) is 0. The van der Waals surface area contributed by atoms with Crippen LogP contribution in [0.4, 0.5) is 0 Å². The van der Waals surface area contributed by atoms with Gasteiger partial charge in [0.15, 0.2) is 5.69 Å². The highest BCUT2D eigenvalue weighted by atomic mass is 35.5. The number of nitrogens with zero attached hydrogens (tertiary/aromatic N) is 3. The Kier molecular flexibility index (Phi) is 9.19. The Hall–Kier alpha value is -4.21. The van der Waals surface area contributed by atoms with Crippen molar-refractivity contribution in [3.63, 3.8) is 0 Å². The number of amides is 3. The van der Waals surface area contributed by atoms with E-state index in [1.54, 1.807) is 41.3 Å². The lowest BCUT2D eigenvalue weighted by Gasteiger charge is -2.29. The molecular formula is C31H30Cl2N6O3. The number of hydrogen-bond acceptors (Lipinski definition) is 5. The lowest BCUT2D eigenvalue weighted by atomic mass is 9.85. The molecule has 4 N–H and O–H groups in total. The van der Waals surface area contributed by atoms with E-state index in [4.69, 9.17) is 28.9 Å². The first-order valence-corrected chi connectivity index (χ1v) is 14.4. The van der Waals surface area contributed by atoms with E-state index in [0.29, 0.717) is 53.5 Å². The van der Waals surface area contributed by atoms with Crippen molar-refractivity contribution in [3.8, 4) is 16.9 Å². The van der Waals surface area contributed by atoms with E-state index in [1.807, 2.05) is 42.5 Å². The molecule has 2 aromatic heterocycles. The predicted octanol–water partition coefficient (Wildman–Crippen LogP) is 4.74. The molecule has 0 unspecified atom stereocenters. The number of nitrogens with one attached hydrogen (secondary N) is 2. The van der Waals surface area contributed by atoms with Crippen molar-refractivity contribution in [2.24, 2.45) is 11.7 Å². The van der Waals surface area contributed by atoms with E-state index < -0.39 is 11.9 Å². The van der Waals surface area contributed by atoms with Crippen LogP contribution in [0.15, 0.2) is 79.1 Å². The maximum Gasteiger partial charge on any atom is 0.272 e. The van der Waals surface area contributed by atoms with E-state index >= 15 is 0 Å². The largest absolute Gasteiger partial charge is 0.368 e. The van der Waals surface area contributed by atoms with E-state index in [0.717, 1.165) is 11.1 Å². The maximum atomic E-state index is 13.3. The number of carbonyl (C=O) groups is 3. The maximum absolute atomic E-state index is 13.3. The smallest absolute Gasteiger partial charge is 0.272 e. The second-order valence-corrected chi connectivity index (χ2v) is 11.2. The first-order chi connectivity index (χ1) is 20.3. The average molecular weight is 606 g/mol. The summed E-state index contributed by atoms with van der Waals surface area (Å²) in [6.07, 6.45) is 6.09. The fourth-order valence-corrected chi connectivity index (χ4v) is 5.44. The second-order valence-electron chi connectivity index (χ2n) is 10.3. The first-order valence-electron chi connectivity index (χ1n) is 13.7. The number of rotatable bonds is 9. The van der Waals surface area contributed by atoms with Crippen LogP contribution in [0.2, 0.25) is 10.0 Å². The number of halogens is 2. The second kappa shape index (κ2) is 13.2. The summed E-state index contributed by atoms with van der Waals surface area (Å²) in [5, 5.41) is 11.3. The van der Waals surface area contributed by atoms with Gasteiger partial charge in [-0.3, -0.25) is 19.4 Å². The van der Waals surface area contributed by atoms with Crippen LogP contribution in [0.3, 0.4) is 0 Å². The number of pyridine rings is 1. The standard InChI is InChI=1S/C31H30Cl2N6O3/c32-24-13-12-23(16-25(24)33)39-28(21-7-4-14-35-18-21)17-27(38-39)31(42)36-22-10-8-20(9-11-22)30(41)37-26(29(34)40)15-19-5-2-1-3-6-19/h1-7,12-14,16-18,20,22,26H,8-11,15H2,(H2,34,40)(H,36,42)(H,37,41)/t20-,22+,26-/m0/s1. The minimum Gasteiger partial charge on any atom is -0.368 e. The van der Waals surface area contributed by atoms with Gasteiger partial charge in [0.25, 0.3) is 5.91 Å². The monoisotopic (exact) mass is 604 g/mol. The van der Waals surface area contributed by atoms with E-state index in [9.17, 15) is 14.4 Å². The van der Waals surface area contributed by atoms with Crippen molar-refractivity contribution < 1.29 is 14.4 Å². The van der Waals surface area contributed by atoms with Crippen LogP contribution in [0.5, 0.6) is 0 Å². The Morgan fingerprint density at radius 2 is 1.71 bits per heavy atom.